The minimum absolute atomic E-state index is 0.152. The lowest BCUT2D eigenvalue weighted by Gasteiger charge is -2.16. The average molecular weight is 301 g/mol. The average Bonchev–Trinajstić information content (AvgIpc) is 2.87. The third-order valence-electron chi connectivity index (χ3n) is 2.34. The summed E-state index contributed by atoms with van der Waals surface area (Å²) in [6.45, 7) is 3.00. The summed E-state index contributed by atoms with van der Waals surface area (Å²) in [7, 11) is 1.91. The van der Waals surface area contributed by atoms with Crippen LogP contribution in [-0.2, 0) is 7.05 Å². The van der Waals surface area contributed by atoms with Gasteiger partial charge in [0.2, 0.25) is 0 Å². The molecule has 86 valence electrons. The highest BCUT2D eigenvalue weighted by atomic mass is 79.9. The van der Waals surface area contributed by atoms with Crippen LogP contribution in [0.3, 0.4) is 0 Å². The van der Waals surface area contributed by atoms with Gasteiger partial charge in [0, 0.05) is 11.9 Å². The molecule has 0 amide bonds. The molecule has 0 radical (unpaired) electrons. The molecule has 2 aromatic heterocycles. The first-order valence-electron chi connectivity index (χ1n) is 5.06. The van der Waals surface area contributed by atoms with Gasteiger partial charge in [-0.2, -0.15) is 0 Å². The summed E-state index contributed by atoms with van der Waals surface area (Å²) in [4.78, 5) is 1.27. The van der Waals surface area contributed by atoms with E-state index < -0.39 is 0 Å². The van der Waals surface area contributed by atoms with Gasteiger partial charge in [-0.1, -0.05) is 18.2 Å². The van der Waals surface area contributed by atoms with Gasteiger partial charge in [0.25, 0.3) is 0 Å². The molecule has 1 N–H and O–H groups in total. The molecule has 0 aliphatic heterocycles. The molecule has 2 heterocycles. The Bertz CT molecular complexity index is 432. The molecule has 0 aliphatic rings. The van der Waals surface area contributed by atoms with Crippen LogP contribution in [0.15, 0.2) is 22.1 Å². The smallest absolute Gasteiger partial charge is 0.153 e. The molecule has 6 heteroatoms. The van der Waals surface area contributed by atoms with E-state index in [1.54, 1.807) is 16.0 Å². The Morgan fingerprint density at radius 3 is 2.94 bits per heavy atom. The highest BCUT2D eigenvalue weighted by Gasteiger charge is 2.21. The topological polar surface area (TPSA) is 42.7 Å². The number of hydrogen-bond acceptors (Lipinski definition) is 4. The van der Waals surface area contributed by atoms with Crippen molar-refractivity contribution in [3.63, 3.8) is 0 Å². The standard InChI is InChI=1S/C10H13BrN4S/c1-3-12-8(7-5-4-6-16-7)9-10(11)13-14-15(9)2/h4-6,8,12H,3H2,1-2H3. The monoisotopic (exact) mass is 300 g/mol. The minimum atomic E-state index is 0.152. The van der Waals surface area contributed by atoms with E-state index in [-0.39, 0.29) is 6.04 Å². The summed E-state index contributed by atoms with van der Waals surface area (Å²) in [6.07, 6.45) is 0. The molecule has 0 saturated carbocycles. The lowest BCUT2D eigenvalue weighted by Crippen LogP contribution is -2.23. The van der Waals surface area contributed by atoms with Crippen LogP contribution in [0.1, 0.15) is 23.5 Å². The second-order valence-corrected chi connectivity index (χ2v) is 5.13. The second-order valence-electron chi connectivity index (χ2n) is 3.40. The van der Waals surface area contributed by atoms with E-state index >= 15 is 0 Å². The van der Waals surface area contributed by atoms with Crippen LogP contribution < -0.4 is 5.32 Å². The van der Waals surface area contributed by atoms with Crippen molar-refractivity contribution in [2.45, 2.75) is 13.0 Å². The summed E-state index contributed by atoms with van der Waals surface area (Å²) in [5.74, 6) is 0. The summed E-state index contributed by atoms with van der Waals surface area (Å²) in [6, 6.07) is 4.33. The van der Waals surface area contributed by atoms with E-state index in [2.05, 4.69) is 56.0 Å². The van der Waals surface area contributed by atoms with Crippen molar-refractivity contribution in [3.8, 4) is 0 Å². The minimum Gasteiger partial charge on any atom is -0.305 e. The van der Waals surface area contributed by atoms with Crippen molar-refractivity contribution in [2.24, 2.45) is 7.05 Å². The highest BCUT2D eigenvalue weighted by molar-refractivity contribution is 9.10. The van der Waals surface area contributed by atoms with E-state index in [0.717, 1.165) is 16.8 Å². The Hall–Kier alpha value is -0.720. The van der Waals surface area contributed by atoms with Crippen molar-refractivity contribution >= 4 is 27.3 Å². The summed E-state index contributed by atoms with van der Waals surface area (Å²) in [5.41, 5.74) is 1.06. The van der Waals surface area contributed by atoms with E-state index in [4.69, 9.17) is 0 Å². The Balaban J connectivity index is 2.40. The number of aryl methyl sites for hydroxylation is 1. The number of aromatic nitrogens is 3. The fourth-order valence-corrected chi connectivity index (χ4v) is 3.00. The van der Waals surface area contributed by atoms with Gasteiger partial charge in [-0.15, -0.1) is 16.4 Å². The molecular formula is C10H13BrN4S. The number of hydrogen-bond donors (Lipinski definition) is 1. The van der Waals surface area contributed by atoms with Crippen LogP contribution in [0, 0.1) is 0 Å². The fraction of sp³-hybridized carbons (Fsp3) is 0.400. The Kier molecular flexibility index (Phi) is 3.73. The molecular weight excluding hydrogens is 288 g/mol. The molecule has 0 saturated heterocycles. The molecule has 0 spiro atoms. The molecule has 16 heavy (non-hydrogen) atoms. The SMILES string of the molecule is CCNC(c1cccs1)c1c(Br)nnn1C. The first kappa shape index (κ1) is 11.8. The third-order valence-corrected chi connectivity index (χ3v) is 3.84. The molecule has 1 unspecified atom stereocenters. The maximum absolute atomic E-state index is 4.02. The predicted octanol–water partition coefficient (Wildman–Crippen LogP) is 2.34. The summed E-state index contributed by atoms with van der Waals surface area (Å²) in [5, 5.41) is 13.6. The predicted molar refractivity (Wildman–Crippen MR) is 68.5 cm³/mol. The molecule has 4 nitrogen and oxygen atoms in total. The van der Waals surface area contributed by atoms with Crippen molar-refractivity contribution in [1.29, 1.82) is 0 Å². The highest BCUT2D eigenvalue weighted by Crippen LogP contribution is 2.29. The Morgan fingerprint density at radius 2 is 2.44 bits per heavy atom. The first-order valence-corrected chi connectivity index (χ1v) is 6.73. The van der Waals surface area contributed by atoms with Crippen molar-refractivity contribution in [3.05, 3.63) is 32.7 Å². The van der Waals surface area contributed by atoms with Crippen LogP contribution in [0.4, 0.5) is 0 Å². The van der Waals surface area contributed by atoms with Gasteiger partial charge < -0.3 is 5.32 Å². The number of halogens is 1. The molecule has 2 aromatic rings. The van der Waals surface area contributed by atoms with E-state index in [0.29, 0.717) is 0 Å². The van der Waals surface area contributed by atoms with Crippen LogP contribution >= 0.6 is 27.3 Å². The zero-order chi connectivity index (χ0) is 11.5. The summed E-state index contributed by atoms with van der Waals surface area (Å²) < 4.78 is 2.60. The van der Waals surface area contributed by atoms with Crippen LogP contribution in [0.25, 0.3) is 0 Å². The molecule has 2 rings (SSSR count). The number of thiophene rings is 1. The van der Waals surface area contributed by atoms with Gasteiger partial charge in [-0.25, -0.2) is 4.68 Å². The number of rotatable bonds is 4. The zero-order valence-corrected chi connectivity index (χ0v) is 11.5. The van der Waals surface area contributed by atoms with Crippen LogP contribution in [0.5, 0.6) is 0 Å². The molecule has 0 fully saturated rings. The maximum Gasteiger partial charge on any atom is 0.153 e. The van der Waals surface area contributed by atoms with Crippen molar-refractivity contribution < 1.29 is 0 Å². The van der Waals surface area contributed by atoms with Crippen molar-refractivity contribution in [2.75, 3.05) is 6.54 Å². The number of nitrogens with one attached hydrogen (secondary N) is 1. The van der Waals surface area contributed by atoms with Gasteiger partial charge in [-0.05, 0) is 33.9 Å². The largest absolute Gasteiger partial charge is 0.305 e. The van der Waals surface area contributed by atoms with Crippen LogP contribution in [0.2, 0.25) is 0 Å². The zero-order valence-electron chi connectivity index (χ0n) is 9.14. The van der Waals surface area contributed by atoms with E-state index in [9.17, 15) is 0 Å². The maximum atomic E-state index is 4.02. The Labute approximate surface area is 107 Å². The van der Waals surface area contributed by atoms with Crippen LogP contribution in [-0.4, -0.2) is 21.5 Å². The Morgan fingerprint density at radius 1 is 1.62 bits per heavy atom. The molecule has 0 bridgehead atoms. The first-order chi connectivity index (χ1) is 7.74. The van der Waals surface area contributed by atoms with Gasteiger partial charge in [0.1, 0.15) is 0 Å². The lowest BCUT2D eigenvalue weighted by molar-refractivity contribution is 0.573. The quantitative estimate of drug-likeness (QED) is 0.942. The summed E-state index contributed by atoms with van der Waals surface area (Å²) >= 11 is 5.18. The third kappa shape index (κ3) is 2.18. The van der Waals surface area contributed by atoms with Gasteiger partial charge in [0.15, 0.2) is 4.60 Å². The lowest BCUT2D eigenvalue weighted by atomic mass is 10.2. The molecule has 0 aromatic carbocycles. The normalized spacial score (nSPS) is 12.9. The molecule has 1 atom stereocenters. The fourth-order valence-electron chi connectivity index (χ4n) is 1.64. The van der Waals surface area contributed by atoms with Gasteiger partial charge >= 0.3 is 0 Å². The molecule has 0 aliphatic carbocycles. The van der Waals surface area contributed by atoms with E-state index in [1.165, 1.54) is 4.88 Å². The van der Waals surface area contributed by atoms with Gasteiger partial charge in [0.05, 0.1) is 11.7 Å². The van der Waals surface area contributed by atoms with Gasteiger partial charge in [-0.3, -0.25) is 0 Å². The number of nitrogens with zero attached hydrogens (tertiary/aromatic N) is 3. The van der Waals surface area contributed by atoms with E-state index in [1.807, 2.05) is 7.05 Å². The second kappa shape index (κ2) is 5.07. The van der Waals surface area contributed by atoms with Crippen molar-refractivity contribution in [1.82, 2.24) is 20.3 Å².